The lowest BCUT2D eigenvalue weighted by Gasteiger charge is -2.12. The number of rotatable bonds is 3. The van der Waals surface area contributed by atoms with Crippen LogP contribution in [0.1, 0.15) is 52.7 Å². The number of fused-ring (bicyclic) bond motifs is 3. The first-order valence-corrected chi connectivity index (χ1v) is 7.03. The van der Waals surface area contributed by atoms with E-state index in [4.69, 9.17) is 0 Å². The van der Waals surface area contributed by atoms with Crippen molar-refractivity contribution in [3.05, 3.63) is 47.0 Å². The number of hydrogen-bond acceptors (Lipinski definition) is 3. The second-order valence-corrected chi connectivity index (χ2v) is 5.72. The van der Waals surface area contributed by atoms with Gasteiger partial charge in [0.05, 0.1) is 11.7 Å². The van der Waals surface area contributed by atoms with Crippen LogP contribution in [0.4, 0.5) is 0 Å². The maximum absolute atomic E-state index is 12.3. The molecule has 5 heteroatoms. The molecule has 1 saturated carbocycles. The Morgan fingerprint density at radius 2 is 2.40 bits per heavy atom. The summed E-state index contributed by atoms with van der Waals surface area (Å²) < 4.78 is 0. The highest BCUT2D eigenvalue weighted by atomic mass is 16.2. The summed E-state index contributed by atoms with van der Waals surface area (Å²) in [5.41, 5.74) is 3.73. The Morgan fingerprint density at radius 1 is 1.50 bits per heavy atom. The molecule has 0 bridgehead atoms. The molecule has 102 valence electrons. The van der Waals surface area contributed by atoms with E-state index in [1.54, 1.807) is 6.20 Å². The quantitative estimate of drug-likeness (QED) is 0.894. The van der Waals surface area contributed by atoms with E-state index in [0.717, 1.165) is 23.6 Å². The number of carbonyl (C=O) groups excluding carboxylic acids is 1. The molecule has 2 aromatic rings. The van der Waals surface area contributed by atoms with Gasteiger partial charge in [-0.1, -0.05) is 6.07 Å². The SMILES string of the molecule is C[C@H](NC(=O)c1n[nH]c2c1CC1CC21)c1ccccn1. The minimum Gasteiger partial charge on any atom is -0.343 e. The molecule has 1 amide bonds. The fraction of sp³-hybridized carbons (Fsp3) is 0.400. The lowest BCUT2D eigenvalue weighted by Crippen LogP contribution is -2.28. The molecule has 2 heterocycles. The molecule has 2 aliphatic carbocycles. The van der Waals surface area contributed by atoms with Crippen LogP contribution in [-0.2, 0) is 6.42 Å². The minimum atomic E-state index is -0.119. The van der Waals surface area contributed by atoms with E-state index in [1.807, 2.05) is 25.1 Å². The molecular weight excluding hydrogens is 252 g/mol. The van der Waals surface area contributed by atoms with Gasteiger partial charge in [-0.05, 0) is 37.8 Å². The van der Waals surface area contributed by atoms with Crippen molar-refractivity contribution in [1.29, 1.82) is 0 Å². The first-order valence-electron chi connectivity index (χ1n) is 7.03. The molecule has 2 aliphatic rings. The van der Waals surface area contributed by atoms with Crippen molar-refractivity contribution >= 4 is 5.91 Å². The number of hydrogen-bond donors (Lipinski definition) is 2. The van der Waals surface area contributed by atoms with Crippen LogP contribution in [0.15, 0.2) is 24.4 Å². The van der Waals surface area contributed by atoms with E-state index < -0.39 is 0 Å². The Bertz CT molecular complexity index is 664. The van der Waals surface area contributed by atoms with Gasteiger partial charge in [0, 0.05) is 23.4 Å². The summed E-state index contributed by atoms with van der Waals surface area (Å²) in [6.07, 6.45) is 3.98. The fourth-order valence-corrected chi connectivity index (χ4v) is 3.14. The largest absolute Gasteiger partial charge is 0.343 e. The van der Waals surface area contributed by atoms with E-state index in [2.05, 4.69) is 20.5 Å². The predicted octanol–water partition coefficient (Wildman–Crippen LogP) is 1.96. The van der Waals surface area contributed by atoms with Crippen molar-refractivity contribution in [3.8, 4) is 0 Å². The van der Waals surface area contributed by atoms with E-state index in [0.29, 0.717) is 11.6 Å². The summed E-state index contributed by atoms with van der Waals surface area (Å²) in [7, 11) is 0. The summed E-state index contributed by atoms with van der Waals surface area (Å²) in [6.45, 7) is 1.94. The highest BCUT2D eigenvalue weighted by molar-refractivity contribution is 5.94. The van der Waals surface area contributed by atoms with E-state index in [-0.39, 0.29) is 11.9 Å². The lowest BCUT2D eigenvalue weighted by molar-refractivity contribution is 0.0933. The minimum absolute atomic E-state index is 0.109. The molecule has 2 unspecified atom stereocenters. The van der Waals surface area contributed by atoms with Crippen molar-refractivity contribution < 1.29 is 4.79 Å². The Kier molecular flexibility index (Phi) is 2.42. The predicted molar refractivity (Wildman–Crippen MR) is 73.3 cm³/mol. The van der Waals surface area contributed by atoms with Crippen LogP contribution < -0.4 is 5.32 Å². The number of H-pyrrole nitrogens is 1. The first kappa shape index (κ1) is 11.6. The third-order valence-electron chi connectivity index (χ3n) is 4.35. The monoisotopic (exact) mass is 268 g/mol. The number of aromatic amines is 1. The van der Waals surface area contributed by atoms with Gasteiger partial charge in [0.1, 0.15) is 0 Å². The molecule has 20 heavy (non-hydrogen) atoms. The number of aromatic nitrogens is 3. The van der Waals surface area contributed by atoms with Gasteiger partial charge >= 0.3 is 0 Å². The summed E-state index contributed by atoms with van der Waals surface area (Å²) in [6, 6.07) is 5.58. The Morgan fingerprint density at radius 3 is 3.20 bits per heavy atom. The topological polar surface area (TPSA) is 70.7 Å². The second kappa shape index (κ2) is 4.16. The van der Waals surface area contributed by atoms with Gasteiger partial charge in [0.2, 0.25) is 0 Å². The van der Waals surface area contributed by atoms with Crippen LogP contribution in [0.3, 0.4) is 0 Å². The Labute approximate surface area is 116 Å². The van der Waals surface area contributed by atoms with Crippen molar-refractivity contribution in [2.45, 2.75) is 31.7 Å². The number of carbonyl (C=O) groups is 1. The van der Waals surface area contributed by atoms with Gasteiger partial charge in [-0.25, -0.2) is 0 Å². The standard InChI is InChI=1S/C15H16N4O/c1-8(12-4-2-3-5-16-12)17-15(20)14-11-7-9-6-10(9)13(11)18-19-14/h2-5,8-10H,6-7H2,1H3,(H,17,20)(H,18,19)/t8-,9?,10?/m0/s1. The molecule has 4 rings (SSSR count). The van der Waals surface area contributed by atoms with Gasteiger partial charge in [0.15, 0.2) is 5.69 Å². The first-order chi connectivity index (χ1) is 9.74. The average molecular weight is 268 g/mol. The number of nitrogens with zero attached hydrogens (tertiary/aromatic N) is 2. The zero-order valence-electron chi connectivity index (χ0n) is 11.3. The maximum atomic E-state index is 12.3. The molecule has 0 radical (unpaired) electrons. The van der Waals surface area contributed by atoms with Gasteiger partial charge in [0.25, 0.3) is 5.91 Å². The van der Waals surface area contributed by atoms with Crippen LogP contribution in [-0.4, -0.2) is 21.1 Å². The van der Waals surface area contributed by atoms with E-state index >= 15 is 0 Å². The average Bonchev–Trinajstić information content (AvgIpc) is 2.95. The zero-order chi connectivity index (χ0) is 13.7. The highest BCUT2D eigenvalue weighted by Crippen LogP contribution is 2.55. The molecule has 0 aliphatic heterocycles. The summed E-state index contributed by atoms with van der Waals surface area (Å²) in [5.74, 6) is 1.27. The van der Waals surface area contributed by atoms with Crippen LogP contribution in [0, 0.1) is 5.92 Å². The number of nitrogens with one attached hydrogen (secondary N) is 2. The Balaban J connectivity index is 1.52. The summed E-state index contributed by atoms with van der Waals surface area (Å²) >= 11 is 0. The van der Waals surface area contributed by atoms with E-state index in [1.165, 1.54) is 12.1 Å². The van der Waals surface area contributed by atoms with Crippen LogP contribution in [0.25, 0.3) is 0 Å². The molecule has 0 spiro atoms. The maximum Gasteiger partial charge on any atom is 0.272 e. The normalized spacial score (nSPS) is 23.9. The van der Waals surface area contributed by atoms with Gasteiger partial charge in [-0.3, -0.25) is 14.9 Å². The molecule has 1 fully saturated rings. The van der Waals surface area contributed by atoms with Crippen LogP contribution in [0.2, 0.25) is 0 Å². The van der Waals surface area contributed by atoms with Crippen molar-refractivity contribution in [2.24, 2.45) is 5.92 Å². The van der Waals surface area contributed by atoms with Gasteiger partial charge < -0.3 is 5.32 Å². The third kappa shape index (κ3) is 1.73. The Hall–Kier alpha value is -2.17. The second-order valence-electron chi connectivity index (χ2n) is 5.72. The zero-order valence-corrected chi connectivity index (χ0v) is 11.3. The fourth-order valence-electron chi connectivity index (χ4n) is 3.14. The molecule has 2 aromatic heterocycles. The summed E-state index contributed by atoms with van der Waals surface area (Å²) in [5, 5.41) is 10.2. The molecule has 0 aromatic carbocycles. The van der Waals surface area contributed by atoms with Crippen LogP contribution in [0.5, 0.6) is 0 Å². The number of pyridine rings is 1. The number of amides is 1. The van der Waals surface area contributed by atoms with Crippen LogP contribution >= 0.6 is 0 Å². The van der Waals surface area contributed by atoms with Crippen molar-refractivity contribution in [1.82, 2.24) is 20.5 Å². The molecular formula is C15H16N4O. The third-order valence-corrected chi connectivity index (χ3v) is 4.35. The summed E-state index contributed by atoms with van der Waals surface area (Å²) in [4.78, 5) is 16.6. The van der Waals surface area contributed by atoms with Gasteiger partial charge in [-0.2, -0.15) is 5.10 Å². The molecule has 5 nitrogen and oxygen atoms in total. The van der Waals surface area contributed by atoms with Crippen molar-refractivity contribution in [2.75, 3.05) is 0 Å². The van der Waals surface area contributed by atoms with Crippen molar-refractivity contribution in [3.63, 3.8) is 0 Å². The smallest absolute Gasteiger partial charge is 0.272 e. The molecule has 2 N–H and O–H groups in total. The van der Waals surface area contributed by atoms with E-state index in [9.17, 15) is 4.79 Å². The molecule has 0 saturated heterocycles. The van der Waals surface area contributed by atoms with Gasteiger partial charge in [-0.15, -0.1) is 0 Å². The lowest BCUT2D eigenvalue weighted by atomic mass is 10.1. The molecule has 3 atom stereocenters. The highest BCUT2D eigenvalue weighted by Gasteiger charge is 2.48.